The van der Waals surface area contributed by atoms with Crippen LogP contribution >= 0.6 is 11.3 Å². The lowest BCUT2D eigenvalue weighted by atomic mass is 10.1. The lowest BCUT2D eigenvalue weighted by Gasteiger charge is -2.26. The molecular formula is C20H22N2OS. The third-order valence-electron chi connectivity index (χ3n) is 4.96. The highest BCUT2D eigenvalue weighted by molar-refractivity contribution is 7.11. The molecule has 2 aliphatic rings. The zero-order chi connectivity index (χ0) is 16.4. The molecular weight excluding hydrogens is 316 g/mol. The Kier molecular flexibility index (Phi) is 4.50. The van der Waals surface area contributed by atoms with Crippen molar-refractivity contribution in [2.24, 2.45) is 0 Å². The first-order valence-electron chi connectivity index (χ1n) is 8.65. The van der Waals surface area contributed by atoms with E-state index in [0.717, 1.165) is 44.7 Å². The van der Waals surface area contributed by atoms with Crippen molar-refractivity contribution in [1.29, 1.82) is 0 Å². The summed E-state index contributed by atoms with van der Waals surface area (Å²) in [6.07, 6.45) is 5.00. The first-order chi connectivity index (χ1) is 11.8. The van der Waals surface area contributed by atoms with Crippen LogP contribution in [-0.4, -0.2) is 37.0 Å². The molecule has 0 spiro atoms. The summed E-state index contributed by atoms with van der Waals surface area (Å²) < 4.78 is 0. The molecule has 124 valence electrons. The second-order valence-electron chi connectivity index (χ2n) is 6.43. The Morgan fingerprint density at radius 1 is 1.08 bits per heavy atom. The second-order valence-corrected chi connectivity index (χ2v) is 7.38. The van der Waals surface area contributed by atoms with Crippen LogP contribution in [0.1, 0.15) is 23.3 Å². The summed E-state index contributed by atoms with van der Waals surface area (Å²) in [5.74, 6) is 0.257. The molecule has 0 saturated carbocycles. The van der Waals surface area contributed by atoms with Crippen LogP contribution in [0.25, 0.3) is 5.57 Å². The molecule has 2 aliphatic heterocycles. The van der Waals surface area contributed by atoms with E-state index in [9.17, 15) is 4.79 Å². The van der Waals surface area contributed by atoms with E-state index in [1.165, 1.54) is 16.0 Å². The number of hydrogen-bond donors (Lipinski definition) is 0. The monoisotopic (exact) mass is 338 g/mol. The number of nitrogens with zero attached hydrogens (tertiary/aromatic N) is 2. The van der Waals surface area contributed by atoms with Gasteiger partial charge in [0, 0.05) is 43.2 Å². The van der Waals surface area contributed by atoms with E-state index in [1.54, 1.807) is 0 Å². The molecule has 24 heavy (non-hydrogen) atoms. The fourth-order valence-corrected chi connectivity index (χ4v) is 4.38. The lowest BCUT2D eigenvalue weighted by molar-refractivity contribution is -0.118. The van der Waals surface area contributed by atoms with Crippen molar-refractivity contribution in [2.45, 2.75) is 19.3 Å². The number of carbonyl (C=O) groups excluding carboxylic acids is 1. The maximum absolute atomic E-state index is 12.6. The van der Waals surface area contributed by atoms with Crippen LogP contribution in [0.4, 0.5) is 5.69 Å². The molecule has 0 saturated heterocycles. The molecule has 3 heterocycles. The standard InChI is InChI=1S/C20H22N2OS/c23-20(22-14-9-16-4-1-2-5-18(16)22)10-13-21-11-7-17(8-12-21)19-6-3-15-24-19/h1-7,15H,8-14H2. The number of hydrogen-bond acceptors (Lipinski definition) is 3. The first-order valence-corrected chi connectivity index (χ1v) is 9.53. The largest absolute Gasteiger partial charge is 0.312 e. The average Bonchev–Trinajstić information content (AvgIpc) is 3.30. The number of amides is 1. The molecule has 0 N–H and O–H groups in total. The van der Waals surface area contributed by atoms with Crippen LogP contribution in [0.3, 0.4) is 0 Å². The summed E-state index contributed by atoms with van der Waals surface area (Å²) in [7, 11) is 0. The predicted molar refractivity (Wildman–Crippen MR) is 100 cm³/mol. The van der Waals surface area contributed by atoms with Crippen molar-refractivity contribution in [3.63, 3.8) is 0 Å². The molecule has 0 radical (unpaired) electrons. The molecule has 0 aliphatic carbocycles. The van der Waals surface area contributed by atoms with Gasteiger partial charge in [0.25, 0.3) is 0 Å². The summed E-state index contributed by atoms with van der Waals surface area (Å²) in [6.45, 7) is 3.69. The van der Waals surface area contributed by atoms with Crippen molar-refractivity contribution in [2.75, 3.05) is 31.1 Å². The molecule has 0 bridgehead atoms. The Labute approximate surface area is 147 Å². The molecule has 1 amide bonds. The quantitative estimate of drug-likeness (QED) is 0.846. The Morgan fingerprint density at radius 2 is 2.00 bits per heavy atom. The van der Waals surface area contributed by atoms with Gasteiger partial charge in [-0.3, -0.25) is 9.69 Å². The summed E-state index contributed by atoms with van der Waals surface area (Å²) in [5, 5.41) is 2.13. The highest BCUT2D eigenvalue weighted by Gasteiger charge is 2.24. The fraction of sp³-hybridized carbons (Fsp3) is 0.350. The maximum atomic E-state index is 12.6. The number of para-hydroxylation sites is 1. The summed E-state index contributed by atoms with van der Waals surface area (Å²) in [4.78, 5) is 18.3. The van der Waals surface area contributed by atoms with Gasteiger partial charge >= 0.3 is 0 Å². The Morgan fingerprint density at radius 3 is 2.79 bits per heavy atom. The summed E-state index contributed by atoms with van der Waals surface area (Å²) in [6, 6.07) is 12.6. The minimum Gasteiger partial charge on any atom is -0.312 e. The zero-order valence-electron chi connectivity index (χ0n) is 13.8. The second kappa shape index (κ2) is 6.91. The normalized spacial score (nSPS) is 17.7. The van der Waals surface area contributed by atoms with Crippen LogP contribution in [0.15, 0.2) is 47.9 Å². The minimum atomic E-state index is 0.257. The minimum absolute atomic E-state index is 0.257. The maximum Gasteiger partial charge on any atom is 0.228 e. The van der Waals surface area contributed by atoms with Gasteiger partial charge < -0.3 is 4.90 Å². The van der Waals surface area contributed by atoms with E-state index < -0.39 is 0 Å². The van der Waals surface area contributed by atoms with E-state index in [1.807, 2.05) is 22.3 Å². The van der Waals surface area contributed by atoms with Crippen LogP contribution in [0, 0.1) is 0 Å². The van der Waals surface area contributed by atoms with Gasteiger partial charge in [-0.15, -0.1) is 11.3 Å². The molecule has 0 fully saturated rings. The van der Waals surface area contributed by atoms with E-state index in [2.05, 4.69) is 46.7 Å². The lowest BCUT2D eigenvalue weighted by Crippen LogP contribution is -2.35. The molecule has 4 heteroatoms. The van der Waals surface area contributed by atoms with Gasteiger partial charge in [-0.2, -0.15) is 0 Å². The van der Waals surface area contributed by atoms with Gasteiger partial charge in [-0.1, -0.05) is 30.3 Å². The van der Waals surface area contributed by atoms with Crippen molar-refractivity contribution in [3.8, 4) is 0 Å². The van der Waals surface area contributed by atoms with Crippen LogP contribution < -0.4 is 4.90 Å². The molecule has 1 aromatic carbocycles. The third-order valence-corrected chi connectivity index (χ3v) is 5.91. The van der Waals surface area contributed by atoms with Gasteiger partial charge in [0.1, 0.15) is 0 Å². The SMILES string of the molecule is O=C(CCN1CC=C(c2cccs2)CC1)N1CCc2ccccc21. The van der Waals surface area contributed by atoms with E-state index in [4.69, 9.17) is 0 Å². The topological polar surface area (TPSA) is 23.6 Å². The van der Waals surface area contributed by atoms with E-state index >= 15 is 0 Å². The first kappa shape index (κ1) is 15.6. The molecule has 0 unspecified atom stereocenters. The molecule has 1 aromatic heterocycles. The van der Waals surface area contributed by atoms with E-state index in [0.29, 0.717) is 6.42 Å². The Balaban J connectivity index is 1.31. The van der Waals surface area contributed by atoms with Crippen LogP contribution in [-0.2, 0) is 11.2 Å². The number of fused-ring (bicyclic) bond motifs is 1. The Bertz CT molecular complexity index is 751. The third kappa shape index (κ3) is 3.17. The van der Waals surface area contributed by atoms with Crippen molar-refractivity contribution < 1.29 is 4.79 Å². The highest BCUT2D eigenvalue weighted by Crippen LogP contribution is 2.28. The zero-order valence-corrected chi connectivity index (χ0v) is 14.6. The summed E-state index contributed by atoms with van der Waals surface area (Å²) in [5.41, 5.74) is 3.87. The van der Waals surface area contributed by atoms with Gasteiger partial charge in [-0.05, 0) is 41.5 Å². The van der Waals surface area contributed by atoms with Crippen molar-refractivity contribution in [3.05, 3.63) is 58.3 Å². The van der Waals surface area contributed by atoms with Gasteiger partial charge in [-0.25, -0.2) is 0 Å². The fourth-order valence-electron chi connectivity index (χ4n) is 3.59. The van der Waals surface area contributed by atoms with E-state index in [-0.39, 0.29) is 5.91 Å². The average molecular weight is 338 g/mol. The van der Waals surface area contributed by atoms with Gasteiger partial charge in [0.2, 0.25) is 5.91 Å². The molecule has 0 atom stereocenters. The Hall–Kier alpha value is -1.91. The number of benzene rings is 1. The number of carbonyl (C=O) groups is 1. The smallest absolute Gasteiger partial charge is 0.228 e. The molecule has 3 nitrogen and oxygen atoms in total. The molecule has 4 rings (SSSR count). The highest BCUT2D eigenvalue weighted by atomic mass is 32.1. The van der Waals surface area contributed by atoms with Crippen LogP contribution in [0.2, 0.25) is 0 Å². The number of anilines is 1. The van der Waals surface area contributed by atoms with Crippen LogP contribution in [0.5, 0.6) is 0 Å². The van der Waals surface area contributed by atoms with Gasteiger partial charge in [0.15, 0.2) is 0 Å². The van der Waals surface area contributed by atoms with Gasteiger partial charge in [0.05, 0.1) is 0 Å². The number of thiophene rings is 1. The predicted octanol–water partition coefficient (Wildman–Crippen LogP) is 3.82. The van der Waals surface area contributed by atoms with Crippen molar-refractivity contribution in [1.82, 2.24) is 4.90 Å². The number of rotatable bonds is 4. The van der Waals surface area contributed by atoms with Crippen molar-refractivity contribution >= 4 is 28.5 Å². The summed E-state index contributed by atoms with van der Waals surface area (Å²) >= 11 is 1.81. The molecule has 2 aromatic rings.